The quantitative estimate of drug-likeness (QED) is 0.554. The predicted molar refractivity (Wildman–Crippen MR) is 41.9 cm³/mol. The average molecular weight is 155 g/mol. The molecule has 1 fully saturated rings. The average Bonchev–Trinajstić information content (AvgIpc) is 2.39. The van der Waals surface area contributed by atoms with Crippen LogP contribution in [0.25, 0.3) is 0 Å². The zero-order valence-electron chi connectivity index (χ0n) is 6.75. The lowest BCUT2D eigenvalue weighted by atomic mass is 10.2. The Morgan fingerprint density at radius 3 is 3.27 bits per heavy atom. The highest BCUT2D eigenvalue weighted by Gasteiger charge is 2.21. The van der Waals surface area contributed by atoms with Gasteiger partial charge >= 0.3 is 0 Å². The van der Waals surface area contributed by atoms with Gasteiger partial charge in [0.25, 0.3) is 0 Å². The molecule has 0 radical (unpaired) electrons. The van der Waals surface area contributed by atoms with Gasteiger partial charge in [-0.3, -0.25) is 0 Å². The molecule has 0 bridgehead atoms. The van der Waals surface area contributed by atoms with Crippen LogP contribution in [0.2, 0.25) is 0 Å². The van der Waals surface area contributed by atoms with E-state index in [2.05, 4.69) is 0 Å². The van der Waals surface area contributed by atoms with Crippen molar-refractivity contribution in [3.63, 3.8) is 0 Å². The van der Waals surface area contributed by atoms with Gasteiger partial charge in [0.1, 0.15) is 5.94 Å². The number of nitrogens with zero attached hydrogens (tertiary/aromatic N) is 1. The van der Waals surface area contributed by atoms with Crippen molar-refractivity contribution in [3.05, 3.63) is 6.20 Å². The van der Waals surface area contributed by atoms with E-state index in [0.717, 1.165) is 19.4 Å². The van der Waals surface area contributed by atoms with Crippen molar-refractivity contribution in [2.75, 3.05) is 20.3 Å². The molecular formula is C8H13NO2. The largest absolute Gasteiger partial charge is 0.383 e. The van der Waals surface area contributed by atoms with Crippen molar-refractivity contribution in [1.82, 2.24) is 4.90 Å². The lowest BCUT2D eigenvalue weighted by Crippen LogP contribution is -2.28. The monoisotopic (exact) mass is 155 g/mol. The fourth-order valence-electron chi connectivity index (χ4n) is 1.47. The highest BCUT2D eigenvalue weighted by Crippen LogP contribution is 2.16. The van der Waals surface area contributed by atoms with Gasteiger partial charge in [0.2, 0.25) is 0 Å². The third-order valence-electron chi connectivity index (χ3n) is 2.00. The highest BCUT2D eigenvalue weighted by molar-refractivity contribution is 5.44. The third-order valence-corrected chi connectivity index (χ3v) is 2.00. The molecule has 0 aromatic carbocycles. The Kier molecular flexibility index (Phi) is 3.14. The Hall–Kier alpha value is -0.790. The molecule has 0 aromatic heterocycles. The molecule has 3 nitrogen and oxygen atoms in total. The highest BCUT2D eigenvalue weighted by atomic mass is 16.5. The van der Waals surface area contributed by atoms with Crippen LogP contribution < -0.4 is 0 Å². The summed E-state index contributed by atoms with van der Waals surface area (Å²) in [6.07, 6.45) is 3.74. The molecule has 0 N–H and O–H groups in total. The van der Waals surface area contributed by atoms with E-state index in [-0.39, 0.29) is 0 Å². The minimum atomic E-state index is 0.390. The lowest BCUT2D eigenvalue weighted by Gasteiger charge is -2.19. The number of hydrogen-bond acceptors (Lipinski definition) is 3. The number of carbonyl (C=O) groups excluding carboxylic acids is 1. The summed E-state index contributed by atoms with van der Waals surface area (Å²) in [6, 6.07) is 0.390. The molecule has 1 aliphatic rings. The Morgan fingerprint density at radius 2 is 2.64 bits per heavy atom. The van der Waals surface area contributed by atoms with Crippen molar-refractivity contribution >= 4 is 5.94 Å². The summed E-state index contributed by atoms with van der Waals surface area (Å²) in [7, 11) is 1.68. The molecule has 1 aliphatic heterocycles. The van der Waals surface area contributed by atoms with Crippen LogP contribution in [0.3, 0.4) is 0 Å². The molecule has 62 valence electrons. The third kappa shape index (κ3) is 2.07. The zero-order valence-corrected chi connectivity index (χ0v) is 6.75. The summed E-state index contributed by atoms with van der Waals surface area (Å²) in [5.41, 5.74) is 0. The van der Waals surface area contributed by atoms with Crippen LogP contribution in [0, 0.1) is 0 Å². The molecule has 1 heterocycles. The number of ether oxygens (including phenoxy) is 1. The van der Waals surface area contributed by atoms with E-state index in [4.69, 9.17) is 4.74 Å². The summed E-state index contributed by atoms with van der Waals surface area (Å²) in [4.78, 5) is 12.0. The van der Waals surface area contributed by atoms with E-state index >= 15 is 0 Å². The van der Waals surface area contributed by atoms with E-state index in [1.807, 2.05) is 4.90 Å². The van der Waals surface area contributed by atoms with Crippen LogP contribution in [0.1, 0.15) is 12.8 Å². The Balaban J connectivity index is 2.43. The smallest absolute Gasteiger partial charge is 0.142 e. The topological polar surface area (TPSA) is 29.5 Å². The Labute approximate surface area is 66.6 Å². The van der Waals surface area contributed by atoms with Gasteiger partial charge < -0.3 is 9.64 Å². The first-order valence-corrected chi connectivity index (χ1v) is 3.84. The first-order valence-electron chi connectivity index (χ1n) is 3.84. The molecule has 1 saturated heterocycles. The summed E-state index contributed by atoms with van der Waals surface area (Å²) in [6.45, 7) is 1.67. The molecule has 1 atom stereocenters. The number of likely N-dealkylation sites (tertiary alicyclic amines) is 1. The molecule has 11 heavy (non-hydrogen) atoms. The molecular weight excluding hydrogens is 142 g/mol. The first-order chi connectivity index (χ1) is 5.38. The van der Waals surface area contributed by atoms with Gasteiger partial charge in [-0.15, -0.1) is 0 Å². The van der Waals surface area contributed by atoms with Gasteiger partial charge in [-0.05, 0) is 12.8 Å². The molecule has 0 amide bonds. The summed E-state index contributed by atoms with van der Waals surface area (Å²) in [5.74, 6) is 1.79. The minimum absolute atomic E-state index is 0.390. The van der Waals surface area contributed by atoms with E-state index in [1.54, 1.807) is 13.1 Å². The maximum absolute atomic E-state index is 10.0. The predicted octanol–water partition coefficient (Wildman–Crippen LogP) is 0.443. The van der Waals surface area contributed by atoms with E-state index < -0.39 is 0 Å². The van der Waals surface area contributed by atoms with Gasteiger partial charge in [-0.25, -0.2) is 4.79 Å². The van der Waals surface area contributed by atoms with Crippen molar-refractivity contribution in [2.24, 2.45) is 0 Å². The number of methoxy groups -OCH3 is 1. The lowest BCUT2D eigenvalue weighted by molar-refractivity contribution is 0.138. The van der Waals surface area contributed by atoms with Crippen LogP contribution in [-0.2, 0) is 9.53 Å². The standard InChI is InChI=1S/C8H13NO2/c1-11-7-8-3-2-4-9(8)5-6-10/h5,8H,2-4,7H2,1H3/t8-/m0/s1. The van der Waals surface area contributed by atoms with Crippen LogP contribution >= 0.6 is 0 Å². The van der Waals surface area contributed by atoms with E-state index in [9.17, 15) is 4.79 Å². The van der Waals surface area contributed by atoms with Crippen LogP contribution in [0.4, 0.5) is 0 Å². The number of rotatable bonds is 3. The van der Waals surface area contributed by atoms with Gasteiger partial charge in [0.15, 0.2) is 0 Å². The first kappa shape index (κ1) is 8.31. The fraction of sp³-hybridized carbons (Fsp3) is 0.750. The summed E-state index contributed by atoms with van der Waals surface area (Å²) in [5, 5.41) is 0. The van der Waals surface area contributed by atoms with Gasteiger partial charge in [0.05, 0.1) is 18.8 Å². The molecule has 0 saturated carbocycles. The normalized spacial score (nSPS) is 23.4. The second-order valence-electron chi connectivity index (χ2n) is 2.74. The molecule has 0 spiro atoms. The van der Waals surface area contributed by atoms with Crippen LogP contribution in [-0.4, -0.2) is 37.1 Å². The molecule has 0 unspecified atom stereocenters. The van der Waals surface area contributed by atoms with Gasteiger partial charge in [0, 0.05) is 13.7 Å². The van der Waals surface area contributed by atoms with Crippen molar-refractivity contribution in [2.45, 2.75) is 18.9 Å². The van der Waals surface area contributed by atoms with E-state index in [0.29, 0.717) is 12.6 Å². The van der Waals surface area contributed by atoms with Crippen LogP contribution in [0.5, 0.6) is 0 Å². The molecule has 0 aromatic rings. The second-order valence-corrected chi connectivity index (χ2v) is 2.74. The Morgan fingerprint density at radius 1 is 1.82 bits per heavy atom. The van der Waals surface area contributed by atoms with Crippen molar-refractivity contribution < 1.29 is 9.53 Å². The van der Waals surface area contributed by atoms with Gasteiger partial charge in [-0.1, -0.05) is 0 Å². The zero-order chi connectivity index (χ0) is 8.10. The SMILES string of the molecule is COC[C@@H]1CCCN1C=C=O. The summed E-state index contributed by atoms with van der Waals surface area (Å²) < 4.78 is 5.01. The Bertz CT molecular complexity index is 163. The second kappa shape index (κ2) is 4.16. The van der Waals surface area contributed by atoms with Gasteiger partial charge in [-0.2, -0.15) is 0 Å². The fourth-order valence-corrected chi connectivity index (χ4v) is 1.47. The minimum Gasteiger partial charge on any atom is -0.383 e. The molecule has 1 rings (SSSR count). The molecule has 0 aliphatic carbocycles. The number of hydrogen-bond donors (Lipinski definition) is 0. The summed E-state index contributed by atoms with van der Waals surface area (Å²) >= 11 is 0. The van der Waals surface area contributed by atoms with Crippen molar-refractivity contribution in [3.8, 4) is 0 Å². The maximum Gasteiger partial charge on any atom is 0.142 e. The molecule has 3 heteroatoms. The van der Waals surface area contributed by atoms with Crippen LogP contribution in [0.15, 0.2) is 6.20 Å². The maximum atomic E-state index is 10.0. The van der Waals surface area contributed by atoms with Crippen molar-refractivity contribution in [1.29, 1.82) is 0 Å². The van der Waals surface area contributed by atoms with E-state index in [1.165, 1.54) is 6.20 Å².